The van der Waals surface area contributed by atoms with E-state index in [1.54, 1.807) is 0 Å². The van der Waals surface area contributed by atoms with Crippen molar-refractivity contribution in [3.05, 3.63) is 0 Å². The van der Waals surface area contributed by atoms with Gasteiger partial charge >= 0.3 is 0 Å². The van der Waals surface area contributed by atoms with Gasteiger partial charge < -0.3 is 5.11 Å². The summed E-state index contributed by atoms with van der Waals surface area (Å²) in [5.41, 5.74) is 0. The van der Waals surface area contributed by atoms with E-state index in [4.69, 9.17) is 0 Å². The van der Waals surface area contributed by atoms with Gasteiger partial charge in [-0.15, -0.1) is 0 Å². The van der Waals surface area contributed by atoms with E-state index in [0.29, 0.717) is 12.5 Å². The van der Waals surface area contributed by atoms with Crippen LogP contribution in [0.2, 0.25) is 0 Å². The van der Waals surface area contributed by atoms with Gasteiger partial charge in [0.2, 0.25) is 0 Å². The number of hydrogen-bond donors (Lipinski definition) is 1. The second-order valence-corrected chi connectivity index (χ2v) is 4.02. The zero-order valence-corrected chi connectivity index (χ0v) is 9.55. The maximum atomic E-state index is 9.18. The topological polar surface area (TPSA) is 20.2 Å². The van der Waals surface area contributed by atoms with Crippen LogP contribution in [0.5, 0.6) is 0 Å². The summed E-state index contributed by atoms with van der Waals surface area (Å²) in [4.78, 5) is 0. The molecular formula is C12H26O. The fourth-order valence-corrected chi connectivity index (χ4v) is 2.04. The molecule has 0 aromatic rings. The van der Waals surface area contributed by atoms with Crippen molar-refractivity contribution in [1.29, 1.82) is 0 Å². The zero-order valence-electron chi connectivity index (χ0n) is 9.55. The van der Waals surface area contributed by atoms with Gasteiger partial charge in [-0.25, -0.2) is 0 Å². The molecule has 2 atom stereocenters. The molecule has 13 heavy (non-hydrogen) atoms. The van der Waals surface area contributed by atoms with Gasteiger partial charge in [0, 0.05) is 6.61 Å². The Hall–Kier alpha value is -0.0400. The SMILES string of the molecule is CCCCC[C@H](CC)[C@H](CC)CO. The van der Waals surface area contributed by atoms with Gasteiger partial charge in [0.1, 0.15) is 0 Å². The summed E-state index contributed by atoms with van der Waals surface area (Å²) >= 11 is 0. The molecule has 0 saturated heterocycles. The molecule has 0 fully saturated rings. The largest absolute Gasteiger partial charge is 0.396 e. The Labute approximate surface area is 83.5 Å². The van der Waals surface area contributed by atoms with Crippen LogP contribution in [-0.4, -0.2) is 11.7 Å². The lowest BCUT2D eigenvalue weighted by Crippen LogP contribution is -2.17. The molecule has 0 rings (SSSR count). The Morgan fingerprint density at radius 3 is 1.92 bits per heavy atom. The quantitative estimate of drug-likeness (QED) is 0.574. The van der Waals surface area contributed by atoms with E-state index in [-0.39, 0.29) is 0 Å². The van der Waals surface area contributed by atoms with Crippen molar-refractivity contribution in [3.63, 3.8) is 0 Å². The van der Waals surface area contributed by atoms with Gasteiger partial charge in [-0.2, -0.15) is 0 Å². The summed E-state index contributed by atoms with van der Waals surface area (Å²) in [7, 11) is 0. The maximum Gasteiger partial charge on any atom is 0.0461 e. The molecule has 0 radical (unpaired) electrons. The smallest absolute Gasteiger partial charge is 0.0461 e. The Kier molecular flexibility index (Phi) is 8.53. The zero-order chi connectivity index (χ0) is 10.1. The lowest BCUT2D eigenvalue weighted by atomic mass is 9.84. The molecule has 0 spiro atoms. The van der Waals surface area contributed by atoms with Crippen molar-refractivity contribution in [2.24, 2.45) is 11.8 Å². The van der Waals surface area contributed by atoms with E-state index < -0.39 is 0 Å². The number of rotatable bonds is 8. The van der Waals surface area contributed by atoms with Gasteiger partial charge in [0.15, 0.2) is 0 Å². The minimum absolute atomic E-state index is 0.376. The van der Waals surface area contributed by atoms with Gasteiger partial charge in [-0.05, 0) is 11.8 Å². The van der Waals surface area contributed by atoms with Crippen molar-refractivity contribution in [1.82, 2.24) is 0 Å². The molecule has 0 saturated carbocycles. The Bertz CT molecular complexity index is 97.3. The van der Waals surface area contributed by atoms with Gasteiger partial charge in [0.05, 0.1) is 0 Å². The van der Waals surface area contributed by atoms with Crippen molar-refractivity contribution in [3.8, 4) is 0 Å². The van der Waals surface area contributed by atoms with E-state index in [2.05, 4.69) is 20.8 Å². The first kappa shape index (κ1) is 13.0. The lowest BCUT2D eigenvalue weighted by Gasteiger charge is -2.23. The third-order valence-corrected chi connectivity index (χ3v) is 3.13. The van der Waals surface area contributed by atoms with E-state index in [1.807, 2.05) is 0 Å². The first-order valence-electron chi connectivity index (χ1n) is 5.90. The molecule has 0 bridgehead atoms. The summed E-state index contributed by atoms with van der Waals surface area (Å²) < 4.78 is 0. The minimum Gasteiger partial charge on any atom is -0.396 e. The van der Waals surface area contributed by atoms with Crippen LogP contribution in [0, 0.1) is 11.8 Å². The molecular weight excluding hydrogens is 160 g/mol. The molecule has 80 valence electrons. The summed E-state index contributed by atoms with van der Waals surface area (Å²) in [6.07, 6.45) is 7.64. The average molecular weight is 186 g/mol. The van der Waals surface area contributed by atoms with E-state index in [1.165, 1.54) is 32.1 Å². The van der Waals surface area contributed by atoms with Crippen molar-refractivity contribution >= 4 is 0 Å². The fraction of sp³-hybridized carbons (Fsp3) is 1.00. The number of unbranched alkanes of at least 4 members (excludes halogenated alkanes) is 2. The van der Waals surface area contributed by atoms with Crippen LogP contribution in [0.15, 0.2) is 0 Å². The molecule has 0 aromatic heterocycles. The standard InChI is InChI=1S/C12H26O/c1-4-7-8-9-11(5-2)12(6-3)10-13/h11-13H,4-10H2,1-3H3/t11-,12+/m0/s1. The molecule has 0 heterocycles. The highest BCUT2D eigenvalue weighted by molar-refractivity contribution is 4.67. The van der Waals surface area contributed by atoms with Crippen LogP contribution in [-0.2, 0) is 0 Å². The molecule has 0 aliphatic rings. The van der Waals surface area contributed by atoms with Crippen LogP contribution in [0.1, 0.15) is 59.3 Å². The summed E-state index contributed by atoms with van der Waals surface area (Å²) in [6.45, 7) is 7.05. The first-order valence-corrected chi connectivity index (χ1v) is 5.90. The van der Waals surface area contributed by atoms with Gasteiger partial charge in [0.25, 0.3) is 0 Å². The second kappa shape index (κ2) is 8.55. The van der Waals surface area contributed by atoms with E-state index in [0.717, 1.165) is 12.3 Å². The number of aliphatic hydroxyl groups is 1. The predicted octanol–water partition coefficient (Wildman–Crippen LogP) is 3.61. The lowest BCUT2D eigenvalue weighted by molar-refractivity contribution is 0.159. The Morgan fingerprint density at radius 2 is 1.54 bits per heavy atom. The predicted molar refractivity (Wildman–Crippen MR) is 58.8 cm³/mol. The molecule has 0 amide bonds. The Balaban J connectivity index is 3.71. The summed E-state index contributed by atoms with van der Waals surface area (Å²) in [6, 6.07) is 0. The van der Waals surface area contributed by atoms with Crippen LogP contribution in [0.4, 0.5) is 0 Å². The highest BCUT2D eigenvalue weighted by Crippen LogP contribution is 2.24. The number of aliphatic hydroxyl groups excluding tert-OH is 1. The minimum atomic E-state index is 0.376. The van der Waals surface area contributed by atoms with Crippen LogP contribution < -0.4 is 0 Å². The van der Waals surface area contributed by atoms with Crippen molar-refractivity contribution < 1.29 is 5.11 Å². The highest BCUT2D eigenvalue weighted by Gasteiger charge is 2.16. The molecule has 0 aromatic carbocycles. The van der Waals surface area contributed by atoms with Crippen LogP contribution in [0.25, 0.3) is 0 Å². The van der Waals surface area contributed by atoms with Crippen molar-refractivity contribution in [2.75, 3.05) is 6.61 Å². The molecule has 1 nitrogen and oxygen atoms in total. The van der Waals surface area contributed by atoms with Gasteiger partial charge in [-0.3, -0.25) is 0 Å². The normalized spacial score (nSPS) is 15.7. The first-order chi connectivity index (χ1) is 6.29. The number of hydrogen-bond acceptors (Lipinski definition) is 1. The van der Waals surface area contributed by atoms with Crippen LogP contribution >= 0.6 is 0 Å². The third kappa shape index (κ3) is 5.30. The third-order valence-electron chi connectivity index (χ3n) is 3.13. The second-order valence-electron chi connectivity index (χ2n) is 4.02. The summed E-state index contributed by atoms with van der Waals surface area (Å²) in [5.74, 6) is 1.29. The van der Waals surface area contributed by atoms with E-state index in [9.17, 15) is 5.11 Å². The molecule has 1 heteroatoms. The fourth-order valence-electron chi connectivity index (χ4n) is 2.04. The highest BCUT2D eigenvalue weighted by atomic mass is 16.3. The monoisotopic (exact) mass is 186 g/mol. The molecule has 0 aliphatic heterocycles. The van der Waals surface area contributed by atoms with Crippen LogP contribution in [0.3, 0.4) is 0 Å². The van der Waals surface area contributed by atoms with Gasteiger partial charge in [-0.1, -0.05) is 59.3 Å². The van der Waals surface area contributed by atoms with E-state index >= 15 is 0 Å². The average Bonchev–Trinajstić information content (AvgIpc) is 2.17. The Morgan fingerprint density at radius 1 is 0.923 bits per heavy atom. The maximum absolute atomic E-state index is 9.18. The summed E-state index contributed by atoms with van der Waals surface area (Å²) in [5, 5.41) is 9.18. The molecule has 0 aliphatic carbocycles. The van der Waals surface area contributed by atoms with Crippen molar-refractivity contribution in [2.45, 2.75) is 59.3 Å². The molecule has 0 unspecified atom stereocenters. The molecule has 1 N–H and O–H groups in total.